The predicted octanol–water partition coefficient (Wildman–Crippen LogP) is 2.68. The average molecular weight is 305 g/mol. The van der Waals surface area contributed by atoms with Crippen molar-refractivity contribution in [3.8, 4) is 0 Å². The summed E-state index contributed by atoms with van der Waals surface area (Å²) in [5.41, 5.74) is 1.14. The monoisotopic (exact) mass is 305 g/mol. The van der Waals surface area contributed by atoms with Gasteiger partial charge >= 0.3 is 0 Å². The Morgan fingerprint density at radius 1 is 0.955 bits per heavy atom. The second kappa shape index (κ2) is 7.42. The van der Waals surface area contributed by atoms with E-state index in [2.05, 4.69) is 21.6 Å². The molecule has 2 heterocycles. The van der Waals surface area contributed by atoms with Gasteiger partial charge in [-0.2, -0.15) is 0 Å². The fraction of sp³-hybridized carbons (Fsp3) is 0.667. The third-order valence-electron chi connectivity index (χ3n) is 5.04. The van der Waals surface area contributed by atoms with E-state index >= 15 is 0 Å². The van der Waals surface area contributed by atoms with E-state index in [1.54, 1.807) is 12.1 Å². The van der Waals surface area contributed by atoms with Crippen molar-refractivity contribution in [3.63, 3.8) is 0 Å². The summed E-state index contributed by atoms with van der Waals surface area (Å²) < 4.78 is 13.0. The first kappa shape index (κ1) is 15.8. The second-order valence-electron chi connectivity index (χ2n) is 6.85. The van der Waals surface area contributed by atoms with Gasteiger partial charge < -0.3 is 9.80 Å². The second-order valence-corrected chi connectivity index (χ2v) is 6.85. The van der Waals surface area contributed by atoms with Crippen LogP contribution in [0.25, 0.3) is 0 Å². The molecule has 0 saturated carbocycles. The van der Waals surface area contributed by atoms with Crippen molar-refractivity contribution in [1.82, 2.24) is 9.80 Å². The number of hydrogen-bond acceptors (Lipinski definition) is 3. The van der Waals surface area contributed by atoms with E-state index in [0.29, 0.717) is 0 Å². The van der Waals surface area contributed by atoms with Crippen molar-refractivity contribution < 1.29 is 4.39 Å². The molecule has 0 aliphatic carbocycles. The molecule has 2 fully saturated rings. The van der Waals surface area contributed by atoms with Crippen LogP contribution in [0.4, 0.5) is 10.1 Å². The summed E-state index contributed by atoms with van der Waals surface area (Å²) in [6.45, 7) is 11.6. The van der Waals surface area contributed by atoms with Crippen LogP contribution in [0.2, 0.25) is 0 Å². The standard InChI is InChI=1S/C18H28FN3/c1-16-3-2-8-21(15-16)10-9-20-11-13-22(14-12-20)18-6-4-17(19)5-7-18/h4-7,16H,2-3,8-15H2,1H3/t16-/m0/s1. The van der Waals surface area contributed by atoms with Gasteiger partial charge in [-0.25, -0.2) is 4.39 Å². The molecule has 0 N–H and O–H groups in total. The maximum absolute atomic E-state index is 13.0. The zero-order valence-corrected chi connectivity index (χ0v) is 13.7. The lowest BCUT2D eigenvalue weighted by atomic mass is 10.0. The number of anilines is 1. The molecular formula is C18H28FN3. The summed E-state index contributed by atoms with van der Waals surface area (Å²) in [4.78, 5) is 7.55. The number of piperazine rings is 1. The van der Waals surface area contributed by atoms with E-state index in [4.69, 9.17) is 0 Å². The fourth-order valence-electron chi connectivity index (χ4n) is 3.65. The van der Waals surface area contributed by atoms with E-state index in [-0.39, 0.29) is 5.82 Å². The van der Waals surface area contributed by atoms with Crippen LogP contribution in [-0.4, -0.2) is 62.2 Å². The summed E-state index contributed by atoms with van der Waals surface area (Å²) >= 11 is 0. The largest absolute Gasteiger partial charge is 0.369 e. The summed E-state index contributed by atoms with van der Waals surface area (Å²) in [5.74, 6) is 0.710. The minimum absolute atomic E-state index is 0.154. The van der Waals surface area contributed by atoms with Gasteiger partial charge in [-0.05, 0) is 49.6 Å². The molecule has 2 aliphatic heterocycles. The molecule has 2 saturated heterocycles. The molecule has 1 aromatic carbocycles. The van der Waals surface area contributed by atoms with E-state index in [1.807, 2.05) is 12.1 Å². The summed E-state index contributed by atoms with van der Waals surface area (Å²) in [6.07, 6.45) is 2.76. The lowest BCUT2D eigenvalue weighted by molar-refractivity contribution is 0.151. The smallest absolute Gasteiger partial charge is 0.123 e. The maximum atomic E-state index is 13.0. The van der Waals surface area contributed by atoms with Crippen LogP contribution in [0.3, 0.4) is 0 Å². The molecule has 0 unspecified atom stereocenters. The normalized spacial score (nSPS) is 24.6. The van der Waals surface area contributed by atoms with Crippen LogP contribution in [0.1, 0.15) is 19.8 Å². The van der Waals surface area contributed by atoms with Gasteiger partial charge in [0.25, 0.3) is 0 Å². The molecule has 0 radical (unpaired) electrons. The van der Waals surface area contributed by atoms with Gasteiger partial charge in [0.05, 0.1) is 0 Å². The molecule has 1 atom stereocenters. The first-order valence-electron chi connectivity index (χ1n) is 8.66. The highest BCUT2D eigenvalue weighted by atomic mass is 19.1. The molecule has 1 aromatic rings. The Balaban J connectivity index is 1.41. The van der Waals surface area contributed by atoms with Crippen molar-refractivity contribution in [2.24, 2.45) is 5.92 Å². The highest BCUT2D eigenvalue weighted by Crippen LogP contribution is 2.18. The van der Waals surface area contributed by atoms with E-state index in [9.17, 15) is 4.39 Å². The number of rotatable bonds is 4. The number of nitrogens with zero attached hydrogens (tertiary/aromatic N) is 3. The molecule has 2 aliphatic rings. The molecule has 0 bridgehead atoms. The molecule has 122 valence electrons. The lowest BCUT2D eigenvalue weighted by Gasteiger charge is -2.38. The Hall–Kier alpha value is -1.13. The van der Waals surface area contributed by atoms with Crippen LogP contribution in [0, 0.1) is 11.7 Å². The van der Waals surface area contributed by atoms with Crippen molar-refractivity contribution in [1.29, 1.82) is 0 Å². The van der Waals surface area contributed by atoms with Crippen molar-refractivity contribution >= 4 is 5.69 Å². The molecule has 4 heteroatoms. The van der Waals surface area contributed by atoms with Gasteiger partial charge in [-0.3, -0.25) is 4.90 Å². The quantitative estimate of drug-likeness (QED) is 0.847. The number of likely N-dealkylation sites (tertiary alicyclic amines) is 1. The Morgan fingerprint density at radius 2 is 1.64 bits per heavy atom. The van der Waals surface area contributed by atoms with E-state index in [1.165, 1.54) is 39.0 Å². The first-order chi connectivity index (χ1) is 10.7. The average Bonchev–Trinajstić information content (AvgIpc) is 2.54. The van der Waals surface area contributed by atoms with Gasteiger partial charge in [-0.1, -0.05) is 6.92 Å². The van der Waals surface area contributed by atoms with Gasteiger partial charge in [-0.15, -0.1) is 0 Å². The zero-order chi connectivity index (χ0) is 15.4. The molecule has 3 nitrogen and oxygen atoms in total. The number of piperidine rings is 1. The van der Waals surface area contributed by atoms with Crippen LogP contribution in [0.5, 0.6) is 0 Å². The minimum atomic E-state index is -0.154. The van der Waals surface area contributed by atoms with Gasteiger partial charge in [0.1, 0.15) is 5.82 Å². The predicted molar refractivity (Wildman–Crippen MR) is 89.9 cm³/mol. The first-order valence-corrected chi connectivity index (χ1v) is 8.66. The Bertz CT molecular complexity index is 454. The Labute approximate surface area is 133 Å². The van der Waals surface area contributed by atoms with Crippen molar-refractivity contribution in [2.45, 2.75) is 19.8 Å². The highest BCUT2D eigenvalue weighted by Gasteiger charge is 2.20. The molecular weight excluding hydrogens is 277 g/mol. The third-order valence-corrected chi connectivity index (χ3v) is 5.04. The lowest BCUT2D eigenvalue weighted by Crippen LogP contribution is -2.49. The van der Waals surface area contributed by atoms with Crippen LogP contribution in [-0.2, 0) is 0 Å². The van der Waals surface area contributed by atoms with Crippen LogP contribution >= 0.6 is 0 Å². The number of hydrogen-bond donors (Lipinski definition) is 0. The van der Waals surface area contributed by atoms with Gasteiger partial charge in [0, 0.05) is 51.5 Å². The molecule has 0 spiro atoms. The molecule has 0 amide bonds. The highest BCUT2D eigenvalue weighted by molar-refractivity contribution is 5.46. The topological polar surface area (TPSA) is 9.72 Å². The third kappa shape index (κ3) is 4.20. The summed E-state index contributed by atoms with van der Waals surface area (Å²) in [6, 6.07) is 6.89. The Kier molecular flexibility index (Phi) is 5.32. The number of benzene rings is 1. The van der Waals surface area contributed by atoms with Crippen LogP contribution < -0.4 is 4.90 Å². The zero-order valence-electron chi connectivity index (χ0n) is 13.7. The van der Waals surface area contributed by atoms with E-state index < -0.39 is 0 Å². The van der Waals surface area contributed by atoms with Gasteiger partial charge in [0.2, 0.25) is 0 Å². The fourth-order valence-corrected chi connectivity index (χ4v) is 3.65. The maximum Gasteiger partial charge on any atom is 0.123 e. The minimum Gasteiger partial charge on any atom is -0.369 e. The molecule has 3 rings (SSSR count). The summed E-state index contributed by atoms with van der Waals surface area (Å²) in [7, 11) is 0. The van der Waals surface area contributed by atoms with Crippen LogP contribution in [0.15, 0.2) is 24.3 Å². The Morgan fingerprint density at radius 3 is 2.32 bits per heavy atom. The number of halogens is 1. The van der Waals surface area contributed by atoms with Gasteiger partial charge in [0.15, 0.2) is 0 Å². The van der Waals surface area contributed by atoms with Crippen molar-refractivity contribution in [3.05, 3.63) is 30.1 Å². The van der Waals surface area contributed by atoms with Crippen molar-refractivity contribution in [2.75, 3.05) is 57.3 Å². The SMILES string of the molecule is C[C@H]1CCCN(CCN2CCN(c3ccc(F)cc3)CC2)C1. The molecule has 22 heavy (non-hydrogen) atoms. The molecule has 0 aromatic heterocycles. The van der Waals surface area contributed by atoms with E-state index in [0.717, 1.165) is 37.8 Å². The summed E-state index contributed by atoms with van der Waals surface area (Å²) in [5, 5.41) is 0.